The van der Waals surface area contributed by atoms with E-state index in [1.807, 2.05) is 47.9 Å². The van der Waals surface area contributed by atoms with Crippen LogP contribution in [0.25, 0.3) is 11.0 Å². The highest BCUT2D eigenvalue weighted by Gasteiger charge is 2.17. The number of nitrogens with one attached hydrogen (secondary N) is 1. The highest BCUT2D eigenvalue weighted by atomic mass is 35.5. The smallest absolute Gasteiger partial charge is 0.293 e. The van der Waals surface area contributed by atoms with Gasteiger partial charge in [0.1, 0.15) is 18.1 Å². The Morgan fingerprint density at radius 1 is 1.15 bits per heavy atom. The Hall–Kier alpha value is -3.29. The first kappa shape index (κ1) is 23.9. The predicted octanol–water partition coefficient (Wildman–Crippen LogP) is 5.76. The maximum atomic E-state index is 12.9. The van der Waals surface area contributed by atoms with Crippen LogP contribution in [-0.2, 0) is 13.2 Å². The number of carbonyl (C=O) groups is 1. The van der Waals surface area contributed by atoms with E-state index in [1.165, 1.54) is 0 Å². The molecular formula is C26H29ClN4O3. The van der Waals surface area contributed by atoms with Gasteiger partial charge in [-0.2, -0.15) is 0 Å². The zero-order chi connectivity index (χ0) is 24.1. The monoisotopic (exact) mass is 480 g/mol. The fourth-order valence-electron chi connectivity index (χ4n) is 3.84. The Morgan fingerprint density at radius 2 is 1.94 bits per heavy atom. The normalized spacial score (nSPS) is 11.3. The summed E-state index contributed by atoms with van der Waals surface area (Å²) in [6, 6.07) is 16.7. The lowest BCUT2D eigenvalue weighted by molar-refractivity contribution is 0.0991. The quantitative estimate of drug-likeness (QED) is 0.312. The molecule has 0 atom stereocenters. The van der Waals surface area contributed by atoms with E-state index in [-0.39, 0.29) is 18.3 Å². The van der Waals surface area contributed by atoms with Crippen LogP contribution in [0.15, 0.2) is 59.0 Å². The number of benzene rings is 2. The van der Waals surface area contributed by atoms with Gasteiger partial charge in [-0.1, -0.05) is 37.6 Å². The summed E-state index contributed by atoms with van der Waals surface area (Å²) in [5, 5.41) is 3.58. The molecule has 0 aliphatic carbocycles. The van der Waals surface area contributed by atoms with Crippen LogP contribution in [0.2, 0.25) is 5.02 Å². The van der Waals surface area contributed by atoms with Gasteiger partial charge in [0.25, 0.3) is 5.91 Å². The van der Waals surface area contributed by atoms with Crippen molar-refractivity contribution < 1.29 is 13.9 Å². The summed E-state index contributed by atoms with van der Waals surface area (Å²) in [7, 11) is 0. The van der Waals surface area contributed by atoms with E-state index in [1.54, 1.807) is 18.2 Å². The second-order valence-corrected chi connectivity index (χ2v) is 8.46. The molecule has 2 aromatic heterocycles. The van der Waals surface area contributed by atoms with Crippen molar-refractivity contribution in [3.63, 3.8) is 0 Å². The number of anilines is 1. The molecule has 4 aromatic rings. The molecule has 0 aliphatic rings. The van der Waals surface area contributed by atoms with Crippen molar-refractivity contribution in [2.75, 3.05) is 25.0 Å². The van der Waals surface area contributed by atoms with Gasteiger partial charge in [-0.15, -0.1) is 0 Å². The molecule has 0 unspecified atom stereocenters. The summed E-state index contributed by atoms with van der Waals surface area (Å²) in [6.45, 7) is 9.94. The van der Waals surface area contributed by atoms with Crippen LogP contribution in [0, 0.1) is 6.92 Å². The number of amides is 1. The number of nitrogens with zero attached hydrogens (tertiary/aromatic N) is 3. The van der Waals surface area contributed by atoms with Crippen LogP contribution < -0.4 is 10.1 Å². The van der Waals surface area contributed by atoms with Gasteiger partial charge in [0.2, 0.25) is 5.95 Å². The van der Waals surface area contributed by atoms with Crippen molar-refractivity contribution in [2.45, 2.75) is 33.9 Å². The van der Waals surface area contributed by atoms with Crippen LogP contribution >= 0.6 is 11.6 Å². The maximum Gasteiger partial charge on any atom is 0.293 e. The summed E-state index contributed by atoms with van der Waals surface area (Å²) < 4.78 is 13.6. The SMILES string of the molecule is CCN(CC)CCn1c(NC(=O)c2ccc(COc3ccc(Cl)cc3C)o2)nc2ccccc21. The second kappa shape index (κ2) is 10.8. The number of aromatic nitrogens is 2. The minimum absolute atomic E-state index is 0.203. The molecule has 0 aliphatic heterocycles. The van der Waals surface area contributed by atoms with Gasteiger partial charge in [0.15, 0.2) is 5.76 Å². The number of hydrogen-bond acceptors (Lipinski definition) is 5. The first-order valence-corrected chi connectivity index (χ1v) is 11.8. The Morgan fingerprint density at radius 3 is 2.71 bits per heavy atom. The molecule has 0 spiro atoms. The molecule has 2 aromatic carbocycles. The van der Waals surface area contributed by atoms with Crippen molar-refractivity contribution in [1.29, 1.82) is 0 Å². The third-order valence-corrected chi connectivity index (χ3v) is 6.04. The number of aryl methyl sites for hydroxylation is 1. The number of imidazole rings is 1. The molecule has 1 N–H and O–H groups in total. The van der Waals surface area contributed by atoms with Gasteiger partial charge in [-0.05, 0) is 68.0 Å². The van der Waals surface area contributed by atoms with E-state index in [2.05, 4.69) is 29.0 Å². The first-order chi connectivity index (χ1) is 16.5. The number of fused-ring (bicyclic) bond motifs is 1. The molecule has 0 radical (unpaired) electrons. The van der Waals surface area contributed by atoms with Gasteiger partial charge in [0.05, 0.1) is 11.0 Å². The number of rotatable bonds is 10. The van der Waals surface area contributed by atoms with Crippen LogP contribution in [0.4, 0.5) is 5.95 Å². The van der Waals surface area contributed by atoms with Crippen molar-refractivity contribution in [2.24, 2.45) is 0 Å². The number of likely N-dealkylation sites (N-methyl/N-ethyl adjacent to an activating group) is 1. The Bertz CT molecular complexity index is 1280. The van der Waals surface area contributed by atoms with E-state index in [4.69, 9.17) is 20.8 Å². The summed E-state index contributed by atoms with van der Waals surface area (Å²) in [4.78, 5) is 19.9. The highest BCUT2D eigenvalue weighted by molar-refractivity contribution is 6.30. The Kier molecular flexibility index (Phi) is 7.55. The van der Waals surface area contributed by atoms with Gasteiger partial charge in [0, 0.05) is 18.1 Å². The molecule has 2 heterocycles. The molecule has 4 rings (SSSR count). The third-order valence-electron chi connectivity index (χ3n) is 5.81. The molecule has 178 valence electrons. The van der Waals surface area contributed by atoms with Crippen LogP contribution in [0.1, 0.15) is 35.7 Å². The second-order valence-electron chi connectivity index (χ2n) is 8.02. The molecule has 34 heavy (non-hydrogen) atoms. The minimum Gasteiger partial charge on any atom is -0.485 e. The molecule has 7 nitrogen and oxygen atoms in total. The molecule has 0 fully saturated rings. The standard InChI is InChI=1S/C26H29ClN4O3/c1-4-30(5-2)14-15-31-22-9-7-6-8-21(22)28-26(31)29-25(32)24-13-11-20(34-24)17-33-23-12-10-19(27)16-18(23)3/h6-13,16H,4-5,14-15,17H2,1-3H3,(H,28,29,32). The molecule has 0 saturated carbocycles. The maximum absolute atomic E-state index is 12.9. The fraction of sp³-hybridized carbons (Fsp3) is 0.308. The fourth-order valence-corrected chi connectivity index (χ4v) is 4.07. The summed E-state index contributed by atoms with van der Waals surface area (Å²) in [5.41, 5.74) is 2.75. The van der Waals surface area contributed by atoms with E-state index in [0.29, 0.717) is 22.5 Å². The Balaban J connectivity index is 1.47. The summed E-state index contributed by atoms with van der Waals surface area (Å²) in [5.74, 6) is 1.62. The van der Waals surface area contributed by atoms with E-state index in [0.717, 1.165) is 42.8 Å². The van der Waals surface area contributed by atoms with Gasteiger partial charge in [-0.25, -0.2) is 4.98 Å². The minimum atomic E-state index is -0.353. The van der Waals surface area contributed by atoms with Crippen LogP contribution in [-0.4, -0.2) is 40.0 Å². The third kappa shape index (κ3) is 5.43. The van der Waals surface area contributed by atoms with Crippen molar-refractivity contribution in [3.8, 4) is 5.75 Å². The summed E-state index contributed by atoms with van der Waals surface area (Å²) >= 11 is 6.00. The average molecular weight is 481 g/mol. The van der Waals surface area contributed by atoms with Crippen LogP contribution in [0.5, 0.6) is 5.75 Å². The lowest BCUT2D eigenvalue weighted by Crippen LogP contribution is -2.27. The molecule has 1 amide bonds. The number of para-hydroxylation sites is 2. The van der Waals surface area contributed by atoms with E-state index >= 15 is 0 Å². The number of carbonyl (C=O) groups excluding carboxylic acids is 1. The molecule has 8 heteroatoms. The van der Waals surface area contributed by atoms with Crippen LogP contribution in [0.3, 0.4) is 0 Å². The summed E-state index contributed by atoms with van der Waals surface area (Å²) in [6.07, 6.45) is 0. The van der Waals surface area contributed by atoms with Crippen molar-refractivity contribution in [1.82, 2.24) is 14.5 Å². The first-order valence-electron chi connectivity index (χ1n) is 11.4. The lowest BCUT2D eigenvalue weighted by Gasteiger charge is -2.19. The van der Waals surface area contributed by atoms with Gasteiger partial charge < -0.3 is 18.6 Å². The average Bonchev–Trinajstić information content (AvgIpc) is 3.44. The topological polar surface area (TPSA) is 72.5 Å². The van der Waals surface area contributed by atoms with Gasteiger partial charge in [-0.3, -0.25) is 10.1 Å². The molecular weight excluding hydrogens is 452 g/mol. The van der Waals surface area contributed by atoms with Crippen molar-refractivity contribution >= 4 is 34.5 Å². The van der Waals surface area contributed by atoms with Crippen molar-refractivity contribution in [3.05, 3.63) is 76.7 Å². The van der Waals surface area contributed by atoms with Gasteiger partial charge >= 0.3 is 0 Å². The predicted molar refractivity (Wildman–Crippen MR) is 135 cm³/mol. The highest BCUT2D eigenvalue weighted by Crippen LogP contribution is 2.24. The zero-order valence-corrected chi connectivity index (χ0v) is 20.4. The lowest BCUT2D eigenvalue weighted by atomic mass is 10.2. The number of furan rings is 1. The number of halogens is 1. The number of ether oxygens (including phenoxy) is 1. The Labute approximate surface area is 204 Å². The zero-order valence-electron chi connectivity index (χ0n) is 19.7. The van der Waals surface area contributed by atoms with E-state index < -0.39 is 0 Å². The van der Waals surface area contributed by atoms with E-state index in [9.17, 15) is 4.79 Å². The molecule has 0 saturated heterocycles. The number of hydrogen-bond donors (Lipinski definition) is 1. The molecule has 0 bridgehead atoms. The largest absolute Gasteiger partial charge is 0.485 e.